The maximum absolute atomic E-state index is 13.8. The molecule has 3 N–H and O–H groups in total. The number of benzene rings is 3. The van der Waals surface area contributed by atoms with Gasteiger partial charge in [-0.2, -0.15) is 0 Å². The lowest BCUT2D eigenvalue weighted by Gasteiger charge is -2.34. The van der Waals surface area contributed by atoms with Gasteiger partial charge >= 0.3 is 0 Å². The molecule has 40 heavy (non-hydrogen) atoms. The monoisotopic (exact) mass is 543 g/mol. The van der Waals surface area contributed by atoms with E-state index >= 15 is 0 Å². The van der Waals surface area contributed by atoms with Crippen LogP contribution in [0, 0.1) is 0 Å². The van der Waals surface area contributed by atoms with Gasteiger partial charge in [0.1, 0.15) is 0 Å². The number of carbonyl (C=O) groups excluding carboxylic acids is 2. The Labute approximate surface area is 239 Å². The highest BCUT2D eigenvalue weighted by molar-refractivity contribution is 6.08. The summed E-state index contributed by atoms with van der Waals surface area (Å²) in [5, 5.41) is 19.7. The number of aryl methyl sites for hydroxylation is 1. The van der Waals surface area contributed by atoms with Crippen LogP contribution < -0.4 is 10.6 Å². The van der Waals surface area contributed by atoms with Gasteiger partial charge in [0.25, 0.3) is 11.8 Å². The molecule has 0 saturated carbocycles. The van der Waals surface area contributed by atoms with Crippen LogP contribution in [0.5, 0.6) is 0 Å². The van der Waals surface area contributed by atoms with Gasteiger partial charge in [-0.3, -0.25) is 9.59 Å². The summed E-state index contributed by atoms with van der Waals surface area (Å²) in [5.41, 5.74) is 4.74. The fraction of sp³-hybridized carbons (Fsp3) is 0.471. The van der Waals surface area contributed by atoms with E-state index in [0.717, 1.165) is 46.0 Å². The molecule has 1 aliphatic heterocycles. The quantitative estimate of drug-likeness (QED) is 0.372. The highest BCUT2D eigenvalue weighted by Gasteiger charge is 2.29. The number of nitrogens with one attached hydrogen (secondary N) is 2. The third-order valence-corrected chi connectivity index (χ3v) is 7.83. The Balaban J connectivity index is 1.61. The molecule has 0 aliphatic carbocycles. The van der Waals surface area contributed by atoms with Gasteiger partial charge in [-0.1, -0.05) is 48.5 Å². The highest BCUT2D eigenvalue weighted by atomic mass is 16.3. The van der Waals surface area contributed by atoms with Crippen molar-refractivity contribution >= 4 is 22.6 Å². The summed E-state index contributed by atoms with van der Waals surface area (Å²) in [5.74, 6) is -0.111. The van der Waals surface area contributed by atoms with E-state index in [1.165, 1.54) is 5.56 Å². The SMILES string of the molecule is CN(C(=O)c1c(CC(O)CCc2ccc3ccccc3c2C(=O)NC(C)(C)C)ccc2c1CNCC2)C(C)(C)C. The molecule has 6 nitrogen and oxygen atoms in total. The molecule has 0 saturated heterocycles. The smallest absolute Gasteiger partial charge is 0.254 e. The van der Waals surface area contributed by atoms with E-state index in [4.69, 9.17) is 0 Å². The van der Waals surface area contributed by atoms with Crippen LogP contribution in [0.1, 0.15) is 90.9 Å². The average Bonchev–Trinajstić information content (AvgIpc) is 2.89. The van der Waals surface area contributed by atoms with Crippen LogP contribution in [0.15, 0.2) is 48.5 Å². The second-order valence-corrected chi connectivity index (χ2v) is 13.1. The molecule has 1 heterocycles. The minimum Gasteiger partial charge on any atom is -0.393 e. The number of fused-ring (bicyclic) bond motifs is 2. The van der Waals surface area contributed by atoms with Gasteiger partial charge in [-0.15, -0.1) is 0 Å². The largest absolute Gasteiger partial charge is 0.393 e. The van der Waals surface area contributed by atoms with E-state index in [1.54, 1.807) is 4.90 Å². The molecule has 1 atom stereocenters. The molecule has 3 aromatic carbocycles. The minimum atomic E-state index is -0.661. The van der Waals surface area contributed by atoms with Crippen LogP contribution in [0.3, 0.4) is 0 Å². The van der Waals surface area contributed by atoms with Gasteiger partial charge in [0.15, 0.2) is 0 Å². The molecular formula is C34H45N3O3. The van der Waals surface area contributed by atoms with Crippen LogP contribution in [0.4, 0.5) is 0 Å². The predicted molar refractivity (Wildman–Crippen MR) is 163 cm³/mol. The van der Waals surface area contributed by atoms with Gasteiger partial charge in [0.05, 0.1) is 11.7 Å². The maximum atomic E-state index is 13.8. The van der Waals surface area contributed by atoms with Gasteiger partial charge in [-0.25, -0.2) is 0 Å². The third-order valence-electron chi connectivity index (χ3n) is 7.83. The molecule has 2 amide bonds. The second-order valence-electron chi connectivity index (χ2n) is 13.1. The van der Waals surface area contributed by atoms with E-state index < -0.39 is 6.10 Å². The summed E-state index contributed by atoms with van der Waals surface area (Å²) in [7, 11) is 1.85. The normalized spacial score (nSPS) is 14.5. The Bertz CT molecular complexity index is 1400. The summed E-state index contributed by atoms with van der Waals surface area (Å²) in [6.07, 6.45) is 1.64. The molecule has 0 radical (unpaired) electrons. The lowest BCUT2D eigenvalue weighted by atomic mass is 9.87. The number of amides is 2. The number of aliphatic hydroxyl groups is 1. The Morgan fingerprint density at radius 3 is 2.38 bits per heavy atom. The van der Waals surface area contributed by atoms with E-state index in [1.807, 2.05) is 91.1 Å². The molecular weight excluding hydrogens is 498 g/mol. The molecule has 1 aliphatic rings. The first-order chi connectivity index (χ1) is 18.8. The zero-order valence-electron chi connectivity index (χ0n) is 25.1. The van der Waals surface area contributed by atoms with Crippen molar-refractivity contribution in [2.75, 3.05) is 13.6 Å². The van der Waals surface area contributed by atoms with Crippen LogP contribution in [-0.4, -0.2) is 52.6 Å². The van der Waals surface area contributed by atoms with E-state index in [0.29, 0.717) is 31.4 Å². The Morgan fingerprint density at radius 1 is 0.975 bits per heavy atom. The van der Waals surface area contributed by atoms with E-state index in [-0.39, 0.29) is 22.9 Å². The third kappa shape index (κ3) is 6.73. The Hall–Kier alpha value is -3.22. The molecule has 1 unspecified atom stereocenters. The predicted octanol–water partition coefficient (Wildman–Crippen LogP) is 5.42. The number of rotatable bonds is 7. The van der Waals surface area contributed by atoms with Crippen LogP contribution in [0.25, 0.3) is 10.8 Å². The molecule has 3 aromatic rings. The van der Waals surface area contributed by atoms with Crippen molar-refractivity contribution in [3.63, 3.8) is 0 Å². The number of aliphatic hydroxyl groups excluding tert-OH is 1. The average molecular weight is 544 g/mol. The zero-order valence-corrected chi connectivity index (χ0v) is 25.1. The summed E-state index contributed by atoms with van der Waals surface area (Å²) in [6.45, 7) is 13.6. The maximum Gasteiger partial charge on any atom is 0.254 e. The van der Waals surface area contributed by atoms with Crippen molar-refractivity contribution in [3.8, 4) is 0 Å². The minimum absolute atomic E-state index is 0.00841. The van der Waals surface area contributed by atoms with Crippen LogP contribution in [0.2, 0.25) is 0 Å². The number of nitrogens with zero attached hydrogens (tertiary/aromatic N) is 1. The van der Waals surface area contributed by atoms with Crippen molar-refractivity contribution in [2.24, 2.45) is 0 Å². The first-order valence-electron chi connectivity index (χ1n) is 14.4. The first-order valence-corrected chi connectivity index (χ1v) is 14.4. The van der Waals surface area contributed by atoms with Gasteiger partial charge in [0, 0.05) is 30.2 Å². The molecule has 6 heteroatoms. The standard InChI is InChI=1S/C34H45N3O3/c1-33(2,3)36-31(39)29-24(14-12-22-10-8-9-11-27(22)29)16-17-26(38)20-25-15-13-23-18-19-35-21-28(23)30(25)32(40)37(7)34(4,5)6/h8-15,26,35,38H,16-21H2,1-7H3,(H,36,39). The number of hydrogen-bond acceptors (Lipinski definition) is 4. The summed E-state index contributed by atoms with van der Waals surface area (Å²) in [4.78, 5) is 29.0. The molecule has 0 spiro atoms. The highest BCUT2D eigenvalue weighted by Crippen LogP contribution is 2.29. The summed E-state index contributed by atoms with van der Waals surface area (Å²) in [6, 6.07) is 16.1. The first kappa shape index (κ1) is 29.8. The van der Waals surface area contributed by atoms with Gasteiger partial charge < -0.3 is 20.6 Å². The number of carbonyl (C=O) groups is 2. The van der Waals surface area contributed by atoms with Crippen molar-refractivity contribution < 1.29 is 14.7 Å². The molecule has 0 aromatic heterocycles. The van der Waals surface area contributed by atoms with Crippen molar-refractivity contribution in [1.29, 1.82) is 0 Å². The van der Waals surface area contributed by atoms with Gasteiger partial charge in [0.2, 0.25) is 0 Å². The lowest BCUT2D eigenvalue weighted by molar-refractivity contribution is 0.0651. The van der Waals surface area contributed by atoms with E-state index in [2.05, 4.69) is 16.7 Å². The van der Waals surface area contributed by atoms with Crippen LogP contribution >= 0.6 is 0 Å². The second kappa shape index (κ2) is 11.7. The topological polar surface area (TPSA) is 81.7 Å². The molecule has 214 valence electrons. The van der Waals surface area contributed by atoms with Gasteiger partial charge in [-0.05, 0) is 107 Å². The van der Waals surface area contributed by atoms with Crippen molar-refractivity contribution in [2.45, 2.75) is 91.0 Å². The summed E-state index contributed by atoms with van der Waals surface area (Å²) >= 11 is 0. The fourth-order valence-corrected chi connectivity index (χ4v) is 5.40. The number of hydrogen-bond donors (Lipinski definition) is 3. The van der Waals surface area contributed by atoms with Crippen LogP contribution in [-0.2, 0) is 25.8 Å². The van der Waals surface area contributed by atoms with Crippen molar-refractivity contribution in [3.05, 3.63) is 81.9 Å². The summed E-state index contributed by atoms with van der Waals surface area (Å²) < 4.78 is 0. The Morgan fingerprint density at radius 2 is 1.68 bits per heavy atom. The van der Waals surface area contributed by atoms with E-state index in [9.17, 15) is 14.7 Å². The molecule has 0 bridgehead atoms. The molecule has 0 fully saturated rings. The lowest BCUT2D eigenvalue weighted by Crippen LogP contribution is -2.44. The van der Waals surface area contributed by atoms with Crippen molar-refractivity contribution in [1.82, 2.24) is 15.5 Å². The fourth-order valence-electron chi connectivity index (χ4n) is 5.40. The molecule has 4 rings (SSSR count). The Kier molecular flexibility index (Phi) is 8.72. The zero-order chi connectivity index (χ0) is 29.2.